The Morgan fingerprint density at radius 1 is 1.50 bits per heavy atom. The first kappa shape index (κ1) is 12.0. The molecule has 0 saturated heterocycles. The maximum atomic E-state index is 13.2. The van der Waals surface area contributed by atoms with Crippen molar-refractivity contribution in [1.29, 1.82) is 0 Å². The monoisotopic (exact) mass is 277 g/mol. The highest BCUT2D eigenvalue weighted by Crippen LogP contribution is 2.15. The molecule has 0 aliphatic rings. The molecule has 1 N–H and O–H groups in total. The lowest BCUT2D eigenvalue weighted by Crippen LogP contribution is -2.17. The largest absolute Gasteiger partial charge is 0.312 e. The topological polar surface area (TPSA) is 12.0 Å². The summed E-state index contributed by atoms with van der Waals surface area (Å²) < 4.78 is 14.1. The van der Waals surface area contributed by atoms with E-state index in [-0.39, 0.29) is 5.82 Å². The van der Waals surface area contributed by atoms with Gasteiger partial charge >= 0.3 is 0 Å². The first-order valence-electron chi connectivity index (χ1n) is 4.37. The van der Waals surface area contributed by atoms with Gasteiger partial charge in [0.1, 0.15) is 5.82 Å². The van der Waals surface area contributed by atoms with Crippen molar-refractivity contribution in [3.8, 4) is 0 Å². The summed E-state index contributed by atoms with van der Waals surface area (Å²) in [5.74, 6) is 0.903. The highest BCUT2D eigenvalue weighted by Gasteiger charge is 2.01. The van der Waals surface area contributed by atoms with Crippen LogP contribution in [0.4, 0.5) is 4.39 Å². The zero-order valence-electron chi connectivity index (χ0n) is 8.02. The van der Waals surface area contributed by atoms with E-state index in [9.17, 15) is 4.39 Å². The summed E-state index contributed by atoms with van der Waals surface area (Å²) in [4.78, 5) is 0. The van der Waals surface area contributed by atoms with E-state index in [0.29, 0.717) is 12.1 Å². The van der Waals surface area contributed by atoms with Crippen LogP contribution in [0, 0.1) is 5.82 Å². The van der Waals surface area contributed by atoms with Crippen LogP contribution in [0.2, 0.25) is 0 Å². The summed E-state index contributed by atoms with van der Waals surface area (Å²) in [5, 5.41) is 3.19. The van der Waals surface area contributed by atoms with Crippen molar-refractivity contribution < 1.29 is 4.39 Å². The van der Waals surface area contributed by atoms with E-state index in [4.69, 9.17) is 0 Å². The summed E-state index contributed by atoms with van der Waals surface area (Å²) >= 11 is 5.10. The molecule has 0 radical (unpaired) electrons. The predicted octanol–water partition coefficient (Wildman–Crippen LogP) is 3.04. The van der Waals surface area contributed by atoms with E-state index in [1.54, 1.807) is 23.9 Å². The summed E-state index contributed by atoms with van der Waals surface area (Å²) in [6, 6.07) is 5.00. The highest BCUT2D eigenvalue weighted by molar-refractivity contribution is 9.10. The number of halogens is 2. The van der Waals surface area contributed by atoms with Crippen LogP contribution in [0.25, 0.3) is 0 Å². The number of hydrogen-bond acceptors (Lipinski definition) is 2. The lowest BCUT2D eigenvalue weighted by Gasteiger charge is -2.05. The van der Waals surface area contributed by atoms with Crippen LogP contribution < -0.4 is 5.32 Å². The van der Waals surface area contributed by atoms with Crippen LogP contribution in [0.5, 0.6) is 0 Å². The molecule has 0 unspecified atom stereocenters. The number of thioether (sulfide) groups is 1. The van der Waals surface area contributed by atoms with E-state index in [1.807, 2.05) is 0 Å². The van der Waals surface area contributed by atoms with Crippen LogP contribution in [0.15, 0.2) is 22.7 Å². The third-order valence-electron chi connectivity index (χ3n) is 1.81. The molecule has 0 spiro atoms. The lowest BCUT2D eigenvalue weighted by atomic mass is 10.2. The van der Waals surface area contributed by atoms with Crippen molar-refractivity contribution in [2.45, 2.75) is 6.54 Å². The van der Waals surface area contributed by atoms with Gasteiger partial charge in [-0.1, -0.05) is 15.9 Å². The molecule has 0 aliphatic carbocycles. The summed E-state index contributed by atoms with van der Waals surface area (Å²) in [6.45, 7) is 1.50. The Morgan fingerprint density at radius 2 is 2.29 bits per heavy atom. The van der Waals surface area contributed by atoms with E-state index >= 15 is 0 Å². The van der Waals surface area contributed by atoms with Crippen LogP contribution in [0.3, 0.4) is 0 Å². The molecule has 4 heteroatoms. The molecule has 0 bridgehead atoms. The van der Waals surface area contributed by atoms with Crippen LogP contribution in [0.1, 0.15) is 5.56 Å². The minimum absolute atomic E-state index is 0.148. The van der Waals surface area contributed by atoms with Crippen molar-refractivity contribution in [2.75, 3.05) is 18.6 Å². The van der Waals surface area contributed by atoms with Gasteiger partial charge in [0.15, 0.2) is 0 Å². The molecule has 1 aromatic rings. The molecule has 0 fully saturated rings. The van der Waals surface area contributed by atoms with E-state index in [1.165, 1.54) is 6.07 Å². The second-order valence-electron chi connectivity index (χ2n) is 2.91. The zero-order valence-corrected chi connectivity index (χ0v) is 10.4. The van der Waals surface area contributed by atoms with E-state index < -0.39 is 0 Å². The molecule has 0 heterocycles. The van der Waals surface area contributed by atoms with Gasteiger partial charge in [-0.2, -0.15) is 11.8 Å². The Kier molecular flexibility index (Phi) is 5.52. The molecule has 0 saturated carbocycles. The third kappa shape index (κ3) is 3.98. The summed E-state index contributed by atoms with van der Waals surface area (Å²) in [7, 11) is 0. The molecule has 1 rings (SSSR count). The Balaban J connectivity index is 2.45. The van der Waals surface area contributed by atoms with Gasteiger partial charge in [-0.15, -0.1) is 0 Å². The zero-order chi connectivity index (χ0) is 10.4. The van der Waals surface area contributed by atoms with Crippen molar-refractivity contribution in [1.82, 2.24) is 5.32 Å². The van der Waals surface area contributed by atoms with Crippen molar-refractivity contribution >= 4 is 27.7 Å². The van der Waals surface area contributed by atoms with Gasteiger partial charge < -0.3 is 5.32 Å². The van der Waals surface area contributed by atoms with Gasteiger partial charge in [-0.25, -0.2) is 4.39 Å². The van der Waals surface area contributed by atoms with Gasteiger partial charge in [-0.05, 0) is 24.5 Å². The first-order valence-corrected chi connectivity index (χ1v) is 6.56. The lowest BCUT2D eigenvalue weighted by molar-refractivity contribution is 0.593. The van der Waals surface area contributed by atoms with Gasteiger partial charge in [0, 0.05) is 28.9 Å². The molecule has 78 valence electrons. The van der Waals surface area contributed by atoms with Gasteiger partial charge in [-0.3, -0.25) is 0 Å². The predicted molar refractivity (Wildman–Crippen MR) is 64.2 cm³/mol. The Morgan fingerprint density at radius 3 is 3.00 bits per heavy atom. The minimum Gasteiger partial charge on any atom is -0.312 e. The van der Waals surface area contributed by atoms with Gasteiger partial charge in [0.05, 0.1) is 0 Å². The normalized spacial score (nSPS) is 10.5. The number of benzene rings is 1. The van der Waals surface area contributed by atoms with Crippen LogP contribution >= 0.6 is 27.7 Å². The average molecular weight is 278 g/mol. The number of hydrogen-bond donors (Lipinski definition) is 1. The van der Waals surface area contributed by atoms with E-state index in [2.05, 4.69) is 27.5 Å². The Hall–Kier alpha value is -0.0600. The second kappa shape index (κ2) is 6.43. The first-order chi connectivity index (χ1) is 6.74. The fraction of sp³-hybridized carbons (Fsp3) is 0.400. The Labute approximate surface area is 96.6 Å². The SMILES string of the molecule is CSCCNCc1cc(Br)ccc1F. The van der Waals surface area contributed by atoms with Crippen molar-refractivity contribution in [3.63, 3.8) is 0 Å². The minimum atomic E-state index is -0.148. The maximum absolute atomic E-state index is 13.2. The van der Waals surface area contributed by atoms with Crippen molar-refractivity contribution in [3.05, 3.63) is 34.1 Å². The van der Waals surface area contributed by atoms with Crippen molar-refractivity contribution in [2.24, 2.45) is 0 Å². The maximum Gasteiger partial charge on any atom is 0.127 e. The molecule has 0 amide bonds. The highest BCUT2D eigenvalue weighted by atomic mass is 79.9. The molecule has 14 heavy (non-hydrogen) atoms. The van der Waals surface area contributed by atoms with Crippen LogP contribution in [-0.4, -0.2) is 18.6 Å². The van der Waals surface area contributed by atoms with Crippen LogP contribution in [-0.2, 0) is 6.54 Å². The summed E-state index contributed by atoms with van der Waals surface area (Å²) in [5.41, 5.74) is 0.709. The average Bonchev–Trinajstić information content (AvgIpc) is 2.18. The molecule has 0 aliphatic heterocycles. The summed E-state index contributed by atoms with van der Waals surface area (Å²) in [6.07, 6.45) is 2.06. The number of nitrogens with one attached hydrogen (secondary N) is 1. The fourth-order valence-electron chi connectivity index (χ4n) is 1.08. The third-order valence-corrected chi connectivity index (χ3v) is 2.91. The smallest absolute Gasteiger partial charge is 0.127 e. The standard InChI is InChI=1S/C10H13BrFNS/c1-14-5-4-13-7-8-6-9(11)2-3-10(8)12/h2-3,6,13H,4-5,7H2,1H3. The van der Waals surface area contributed by atoms with Gasteiger partial charge in [0.2, 0.25) is 0 Å². The molecule has 0 aromatic heterocycles. The molecular weight excluding hydrogens is 265 g/mol. The Bertz CT molecular complexity index is 293. The second-order valence-corrected chi connectivity index (χ2v) is 4.81. The quantitative estimate of drug-likeness (QED) is 0.831. The molecule has 1 aromatic carbocycles. The van der Waals surface area contributed by atoms with Gasteiger partial charge in [0.25, 0.3) is 0 Å². The fourth-order valence-corrected chi connectivity index (χ4v) is 1.83. The number of rotatable bonds is 5. The molecular formula is C10H13BrFNS. The molecule has 0 atom stereocenters. The van der Waals surface area contributed by atoms with E-state index in [0.717, 1.165) is 16.8 Å². The molecule has 1 nitrogen and oxygen atoms in total.